The molecule has 0 saturated heterocycles. The first-order valence-electron chi connectivity index (χ1n) is 4.05. The summed E-state index contributed by atoms with van der Waals surface area (Å²) < 4.78 is 31.8. The van der Waals surface area contributed by atoms with Gasteiger partial charge in [0.15, 0.2) is 11.5 Å². The van der Waals surface area contributed by atoms with Crippen molar-refractivity contribution in [2.45, 2.75) is 0 Å². The summed E-state index contributed by atoms with van der Waals surface area (Å²) in [5.74, 6) is -2.57. The fourth-order valence-electron chi connectivity index (χ4n) is 1.23. The number of pyridine rings is 1. The second-order valence-corrected chi connectivity index (χ2v) is 2.79. The van der Waals surface area contributed by atoms with E-state index >= 15 is 0 Å². The fourth-order valence-corrected chi connectivity index (χ4v) is 1.23. The van der Waals surface area contributed by atoms with Gasteiger partial charge in [0, 0.05) is 6.20 Å². The van der Waals surface area contributed by atoms with Gasteiger partial charge in [-0.05, 0) is 12.1 Å². The van der Waals surface area contributed by atoms with Crippen LogP contribution in [0, 0.1) is 11.8 Å². The lowest BCUT2D eigenvalue weighted by Crippen LogP contribution is -2.04. The summed E-state index contributed by atoms with van der Waals surface area (Å²) in [4.78, 5) is 14.6. The molecule has 4 nitrogen and oxygen atoms in total. The molecule has 0 aliphatic heterocycles. The van der Waals surface area contributed by atoms with Crippen molar-refractivity contribution < 1.29 is 18.3 Å². The van der Waals surface area contributed by atoms with Crippen LogP contribution in [0.3, 0.4) is 0 Å². The zero-order chi connectivity index (χ0) is 11.0. The number of halogens is 2. The van der Waals surface area contributed by atoms with Gasteiger partial charge >= 0.3 is 5.97 Å². The molecule has 0 aromatic carbocycles. The minimum Gasteiger partial charge on any atom is -0.464 e. The van der Waals surface area contributed by atoms with Crippen molar-refractivity contribution in [2.75, 3.05) is 7.11 Å². The van der Waals surface area contributed by atoms with E-state index in [4.69, 9.17) is 0 Å². The van der Waals surface area contributed by atoms with E-state index in [1.807, 2.05) is 0 Å². The Morgan fingerprint density at radius 3 is 2.87 bits per heavy atom. The Kier molecular flexibility index (Phi) is 2.11. The Hall–Kier alpha value is -1.98. The van der Waals surface area contributed by atoms with Crippen LogP contribution in [0.1, 0.15) is 10.5 Å². The normalized spacial score (nSPS) is 10.6. The molecule has 2 aromatic heterocycles. The highest BCUT2D eigenvalue weighted by Gasteiger charge is 2.20. The molecule has 0 aliphatic rings. The summed E-state index contributed by atoms with van der Waals surface area (Å²) in [6.45, 7) is 0. The molecule has 0 unspecified atom stereocenters. The molecule has 2 rings (SSSR count). The molecule has 15 heavy (non-hydrogen) atoms. The van der Waals surface area contributed by atoms with Gasteiger partial charge in [-0.15, -0.1) is 0 Å². The van der Waals surface area contributed by atoms with E-state index in [-0.39, 0.29) is 5.65 Å². The summed E-state index contributed by atoms with van der Waals surface area (Å²) in [7, 11) is 1.10. The van der Waals surface area contributed by atoms with Crippen molar-refractivity contribution >= 4 is 11.6 Å². The number of carbonyl (C=O) groups excluding carboxylic acids is 1. The second kappa shape index (κ2) is 3.30. The SMILES string of the molecule is COC(=O)c1nc2c(F)cccn2c1F. The molecule has 0 radical (unpaired) electrons. The van der Waals surface area contributed by atoms with Gasteiger partial charge in [0.05, 0.1) is 7.11 Å². The molecule has 2 aromatic rings. The van der Waals surface area contributed by atoms with Gasteiger partial charge in [0.2, 0.25) is 11.6 Å². The average molecular weight is 212 g/mol. The molecule has 0 saturated carbocycles. The quantitative estimate of drug-likeness (QED) is 0.671. The summed E-state index contributed by atoms with van der Waals surface area (Å²) >= 11 is 0. The lowest BCUT2D eigenvalue weighted by atomic mass is 10.4. The first-order chi connectivity index (χ1) is 7.15. The number of carbonyl (C=O) groups is 1. The Labute approximate surface area is 83.1 Å². The molecule has 78 valence electrons. The van der Waals surface area contributed by atoms with E-state index in [0.29, 0.717) is 0 Å². The maximum absolute atomic E-state index is 13.5. The van der Waals surface area contributed by atoms with Crippen LogP contribution in [-0.2, 0) is 4.74 Å². The molecule has 0 spiro atoms. The second-order valence-electron chi connectivity index (χ2n) is 2.79. The number of rotatable bonds is 1. The molecule has 0 bridgehead atoms. The number of imidazole rings is 1. The van der Waals surface area contributed by atoms with Crippen LogP contribution < -0.4 is 0 Å². The van der Waals surface area contributed by atoms with Gasteiger partial charge in [-0.3, -0.25) is 4.40 Å². The first-order valence-corrected chi connectivity index (χ1v) is 4.05. The lowest BCUT2D eigenvalue weighted by Gasteiger charge is -1.93. The molecule has 0 atom stereocenters. The minimum absolute atomic E-state index is 0.240. The van der Waals surface area contributed by atoms with Crippen LogP contribution in [0.25, 0.3) is 5.65 Å². The predicted octanol–water partition coefficient (Wildman–Crippen LogP) is 1.40. The van der Waals surface area contributed by atoms with Crippen molar-refractivity contribution in [3.63, 3.8) is 0 Å². The number of ether oxygens (including phenoxy) is 1. The summed E-state index contributed by atoms with van der Waals surface area (Å²) in [5.41, 5.74) is -0.766. The maximum Gasteiger partial charge on any atom is 0.361 e. The zero-order valence-corrected chi connectivity index (χ0v) is 7.70. The van der Waals surface area contributed by atoms with E-state index in [1.165, 1.54) is 12.3 Å². The number of nitrogens with zero attached hydrogens (tertiary/aromatic N) is 2. The Morgan fingerprint density at radius 2 is 2.27 bits per heavy atom. The Morgan fingerprint density at radius 1 is 1.53 bits per heavy atom. The molecule has 6 heteroatoms. The van der Waals surface area contributed by atoms with Crippen molar-refractivity contribution in [3.05, 3.63) is 35.8 Å². The van der Waals surface area contributed by atoms with E-state index in [2.05, 4.69) is 9.72 Å². The summed E-state index contributed by atoms with van der Waals surface area (Å²) in [5, 5.41) is 0. The third-order valence-electron chi connectivity index (χ3n) is 1.92. The van der Waals surface area contributed by atoms with E-state index in [9.17, 15) is 13.6 Å². The van der Waals surface area contributed by atoms with Crippen LogP contribution in [0.15, 0.2) is 18.3 Å². The molecule has 2 heterocycles. The van der Waals surface area contributed by atoms with Gasteiger partial charge in [0.1, 0.15) is 0 Å². The average Bonchev–Trinajstić information content (AvgIpc) is 2.57. The third-order valence-corrected chi connectivity index (χ3v) is 1.92. The van der Waals surface area contributed by atoms with Gasteiger partial charge in [-0.25, -0.2) is 14.2 Å². The van der Waals surface area contributed by atoms with Crippen molar-refractivity contribution in [1.29, 1.82) is 0 Å². The highest BCUT2D eigenvalue weighted by atomic mass is 19.1. The molecular formula is C9H6F2N2O2. The number of methoxy groups -OCH3 is 1. The predicted molar refractivity (Wildman–Crippen MR) is 46.4 cm³/mol. The fraction of sp³-hybridized carbons (Fsp3) is 0.111. The largest absolute Gasteiger partial charge is 0.464 e. The molecular weight excluding hydrogens is 206 g/mol. The summed E-state index contributed by atoms with van der Waals surface area (Å²) in [6.07, 6.45) is 1.27. The van der Waals surface area contributed by atoms with Crippen LogP contribution in [0.2, 0.25) is 0 Å². The van der Waals surface area contributed by atoms with Gasteiger partial charge in [0.25, 0.3) is 0 Å². The van der Waals surface area contributed by atoms with E-state index in [0.717, 1.165) is 17.6 Å². The monoisotopic (exact) mass is 212 g/mol. The third kappa shape index (κ3) is 1.34. The van der Waals surface area contributed by atoms with Gasteiger partial charge < -0.3 is 4.74 Å². The Bertz CT molecular complexity index is 536. The first kappa shape index (κ1) is 9.57. The maximum atomic E-state index is 13.5. The van der Waals surface area contributed by atoms with Crippen LogP contribution in [0.4, 0.5) is 8.78 Å². The number of fused-ring (bicyclic) bond motifs is 1. The lowest BCUT2D eigenvalue weighted by molar-refractivity contribution is 0.0589. The highest BCUT2D eigenvalue weighted by molar-refractivity contribution is 5.88. The van der Waals surface area contributed by atoms with Crippen LogP contribution >= 0.6 is 0 Å². The topological polar surface area (TPSA) is 43.6 Å². The number of aromatic nitrogens is 2. The van der Waals surface area contributed by atoms with Gasteiger partial charge in [-0.2, -0.15) is 4.39 Å². The van der Waals surface area contributed by atoms with Gasteiger partial charge in [-0.1, -0.05) is 0 Å². The molecule has 0 fully saturated rings. The van der Waals surface area contributed by atoms with E-state index < -0.39 is 23.4 Å². The van der Waals surface area contributed by atoms with E-state index in [1.54, 1.807) is 0 Å². The summed E-state index contributed by atoms with van der Waals surface area (Å²) in [6, 6.07) is 2.44. The Balaban J connectivity index is 2.75. The molecule has 0 aliphatic carbocycles. The van der Waals surface area contributed by atoms with Crippen molar-refractivity contribution in [3.8, 4) is 0 Å². The molecule has 0 N–H and O–H groups in total. The van der Waals surface area contributed by atoms with Crippen LogP contribution in [-0.4, -0.2) is 22.5 Å². The number of hydrogen-bond donors (Lipinski definition) is 0. The van der Waals surface area contributed by atoms with Crippen molar-refractivity contribution in [2.24, 2.45) is 0 Å². The van der Waals surface area contributed by atoms with Crippen LogP contribution in [0.5, 0.6) is 0 Å². The smallest absolute Gasteiger partial charge is 0.361 e. The minimum atomic E-state index is -0.935. The molecule has 0 amide bonds. The van der Waals surface area contributed by atoms with Crippen molar-refractivity contribution in [1.82, 2.24) is 9.38 Å². The zero-order valence-electron chi connectivity index (χ0n) is 7.70. The number of esters is 1. The number of hydrogen-bond acceptors (Lipinski definition) is 3. The standard InChI is InChI=1S/C9H6F2N2O2/c1-15-9(14)6-7(11)13-4-2-3-5(10)8(13)12-6/h2-4H,1H3. The highest BCUT2D eigenvalue weighted by Crippen LogP contribution is 2.14.